The summed E-state index contributed by atoms with van der Waals surface area (Å²) in [7, 11) is 0.186. The van der Waals surface area contributed by atoms with Gasteiger partial charge in [0.1, 0.15) is 11.0 Å². The van der Waals surface area contributed by atoms with Gasteiger partial charge in [-0.25, -0.2) is 0 Å². The molecule has 4 nitrogen and oxygen atoms in total. The molecule has 17 heavy (non-hydrogen) atoms. The van der Waals surface area contributed by atoms with Crippen LogP contribution in [0.2, 0.25) is 0 Å². The first-order valence-corrected chi connectivity index (χ1v) is 6.69. The van der Waals surface area contributed by atoms with Crippen LogP contribution in [0, 0.1) is 0 Å². The SMILES string of the molecule is CCC(C(=O)O)S(=O)Cc1ccc(OC)cc1. The third-order valence-electron chi connectivity index (χ3n) is 2.43. The topological polar surface area (TPSA) is 63.6 Å². The quantitative estimate of drug-likeness (QED) is 0.843. The number of carbonyl (C=O) groups is 1. The van der Waals surface area contributed by atoms with Gasteiger partial charge in [0.15, 0.2) is 0 Å². The van der Waals surface area contributed by atoms with Gasteiger partial charge in [0.05, 0.1) is 7.11 Å². The van der Waals surface area contributed by atoms with E-state index in [1.54, 1.807) is 38.3 Å². The van der Waals surface area contributed by atoms with E-state index in [-0.39, 0.29) is 5.75 Å². The van der Waals surface area contributed by atoms with E-state index in [4.69, 9.17) is 9.84 Å². The van der Waals surface area contributed by atoms with Gasteiger partial charge in [-0.3, -0.25) is 9.00 Å². The second-order valence-corrected chi connectivity index (χ2v) is 5.23. The lowest BCUT2D eigenvalue weighted by Gasteiger charge is -2.09. The first-order valence-electron chi connectivity index (χ1n) is 5.31. The van der Waals surface area contributed by atoms with Crippen molar-refractivity contribution in [1.29, 1.82) is 0 Å². The fourth-order valence-electron chi connectivity index (χ4n) is 1.46. The summed E-state index contributed by atoms with van der Waals surface area (Å²) < 4.78 is 16.8. The molecule has 0 aromatic heterocycles. The molecule has 0 aliphatic heterocycles. The van der Waals surface area contributed by atoms with Crippen molar-refractivity contribution in [2.45, 2.75) is 24.3 Å². The lowest BCUT2D eigenvalue weighted by molar-refractivity contribution is -0.136. The average molecular weight is 256 g/mol. The highest BCUT2D eigenvalue weighted by Crippen LogP contribution is 2.15. The highest BCUT2D eigenvalue weighted by molar-refractivity contribution is 7.85. The molecule has 0 fully saturated rings. The minimum absolute atomic E-state index is 0.259. The van der Waals surface area contributed by atoms with E-state index in [1.165, 1.54) is 0 Å². The van der Waals surface area contributed by atoms with E-state index in [2.05, 4.69) is 0 Å². The third-order valence-corrected chi connectivity index (χ3v) is 4.22. The molecule has 0 saturated heterocycles. The van der Waals surface area contributed by atoms with Crippen LogP contribution in [0.3, 0.4) is 0 Å². The van der Waals surface area contributed by atoms with E-state index in [0.29, 0.717) is 6.42 Å². The standard InChI is InChI=1S/C12H16O4S/c1-3-11(12(13)14)17(15)8-9-4-6-10(16-2)7-5-9/h4-7,11H,3,8H2,1-2H3,(H,13,14). The monoisotopic (exact) mass is 256 g/mol. The summed E-state index contributed by atoms with van der Waals surface area (Å²) in [5.41, 5.74) is 0.851. The van der Waals surface area contributed by atoms with Crippen LogP contribution in [0.5, 0.6) is 5.75 Å². The normalized spacial score (nSPS) is 14.0. The zero-order chi connectivity index (χ0) is 12.8. The Morgan fingerprint density at radius 1 is 1.41 bits per heavy atom. The van der Waals surface area contributed by atoms with Crippen LogP contribution in [0.15, 0.2) is 24.3 Å². The van der Waals surface area contributed by atoms with Crippen molar-refractivity contribution in [3.8, 4) is 5.75 Å². The summed E-state index contributed by atoms with van der Waals surface area (Å²) in [6.45, 7) is 1.73. The number of carboxylic acid groups (broad SMARTS) is 1. The Hall–Kier alpha value is -1.36. The fraction of sp³-hybridized carbons (Fsp3) is 0.417. The molecule has 0 aliphatic rings. The molecule has 0 spiro atoms. The van der Waals surface area contributed by atoms with Crippen LogP contribution in [-0.4, -0.2) is 27.6 Å². The van der Waals surface area contributed by atoms with Crippen molar-refractivity contribution in [3.63, 3.8) is 0 Å². The van der Waals surface area contributed by atoms with E-state index >= 15 is 0 Å². The molecule has 5 heteroatoms. The molecule has 1 aromatic carbocycles. The smallest absolute Gasteiger partial charge is 0.319 e. The van der Waals surface area contributed by atoms with Gasteiger partial charge in [0, 0.05) is 16.6 Å². The molecule has 2 unspecified atom stereocenters. The Morgan fingerprint density at radius 3 is 2.41 bits per heavy atom. The van der Waals surface area contributed by atoms with E-state index < -0.39 is 22.0 Å². The van der Waals surface area contributed by atoms with Gasteiger partial charge < -0.3 is 9.84 Å². The van der Waals surface area contributed by atoms with Gasteiger partial charge in [0.2, 0.25) is 0 Å². The molecule has 0 heterocycles. The van der Waals surface area contributed by atoms with Crippen molar-refractivity contribution < 1.29 is 18.8 Å². The fourth-order valence-corrected chi connectivity index (χ4v) is 2.78. The number of benzene rings is 1. The predicted octanol–water partition coefficient (Wildman–Crippen LogP) is 1.81. The van der Waals surface area contributed by atoms with Gasteiger partial charge in [0.25, 0.3) is 0 Å². The van der Waals surface area contributed by atoms with Crippen LogP contribution >= 0.6 is 0 Å². The van der Waals surface area contributed by atoms with E-state index in [0.717, 1.165) is 11.3 Å². The van der Waals surface area contributed by atoms with Crippen LogP contribution in [0.1, 0.15) is 18.9 Å². The summed E-state index contributed by atoms with van der Waals surface area (Å²) in [6, 6.07) is 7.14. The molecule has 0 radical (unpaired) electrons. The van der Waals surface area contributed by atoms with Crippen LogP contribution in [-0.2, 0) is 21.3 Å². The maximum absolute atomic E-state index is 11.8. The summed E-state index contributed by atoms with van der Waals surface area (Å²) >= 11 is 0. The second kappa shape index (κ2) is 6.39. The van der Waals surface area contributed by atoms with E-state index in [1.807, 2.05) is 0 Å². The summed E-state index contributed by atoms with van der Waals surface area (Å²) in [5.74, 6) is -0.0152. The highest BCUT2D eigenvalue weighted by atomic mass is 32.2. The van der Waals surface area contributed by atoms with Gasteiger partial charge in [-0.15, -0.1) is 0 Å². The van der Waals surface area contributed by atoms with E-state index in [9.17, 15) is 9.00 Å². The largest absolute Gasteiger partial charge is 0.497 e. The second-order valence-electron chi connectivity index (χ2n) is 3.61. The molecule has 2 atom stereocenters. The Kier molecular flexibility index (Phi) is 5.15. The Morgan fingerprint density at radius 2 is 2.00 bits per heavy atom. The van der Waals surface area contributed by atoms with Crippen molar-refractivity contribution in [2.75, 3.05) is 7.11 Å². The van der Waals surface area contributed by atoms with Crippen molar-refractivity contribution in [2.24, 2.45) is 0 Å². The molecule has 0 saturated carbocycles. The molecule has 1 N–H and O–H groups in total. The van der Waals surface area contributed by atoms with Crippen LogP contribution in [0.4, 0.5) is 0 Å². The summed E-state index contributed by atoms with van der Waals surface area (Å²) in [4.78, 5) is 10.8. The molecular weight excluding hydrogens is 240 g/mol. The van der Waals surface area contributed by atoms with Gasteiger partial charge in [-0.1, -0.05) is 19.1 Å². The van der Waals surface area contributed by atoms with Crippen molar-refractivity contribution in [1.82, 2.24) is 0 Å². The van der Waals surface area contributed by atoms with Gasteiger partial charge >= 0.3 is 5.97 Å². The number of hydrogen-bond acceptors (Lipinski definition) is 3. The first-order chi connectivity index (χ1) is 8.08. The third kappa shape index (κ3) is 3.85. The molecule has 94 valence electrons. The Labute approximate surface area is 103 Å². The highest BCUT2D eigenvalue weighted by Gasteiger charge is 2.22. The molecule has 0 aliphatic carbocycles. The van der Waals surface area contributed by atoms with Gasteiger partial charge in [-0.2, -0.15) is 0 Å². The molecule has 0 bridgehead atoms. The minimum Gasteiger partial charge on any atom is -0.497 e. The summed E-state index contributed by atoms with van der Waals surface area (Å²) in [5, 5.41) is 8.10. The number of hydrogen-bond donors (Lipinski definition) is 1. The zero-order valence-electron chi connectivity index (χ0n) is 9.88. The zero-order valence-corrected chi connectivity index (χ0v) is 10.7. The lowest BCUT2D eigenvalue weighted by Crippen LogP contribution is -2.25. The number of aliphatic carboxylic acids is 1. The van der Waals surface area contributed by atoms with Crippen LogP contribution in [0.25, 0.3) is 0 Å². The molecule has 0 amide bonds. The predicted molar refractivity (Wildman–Crippen MR) is 66.6 cm³/mol. The maximum Gasteiger partial charge on any atom is 0.319 e. The van der Waals surface area contributed by atoms with Gasteiger partial charge in [-0.05, 0) is 24.1 Å². The minimum atomic E-state index is -1.39. The number of ether oxygens (including phenoxy) is 1. The molecule has 1 aromatic rings. The summed E-state index contributed by atoms with van der Waals surface area (Å²) in [6.07, 6.45) is 0.373. The van der Waals surface area contributed by atoms with Crippen molar-refractivity contribution in [3.05, 3.63) is 29.8 Å². The Bertz CT molecular complexity index is 399. The van der Waals surface area contributed by atoms with Crippen molar-refractivity contribution >= 4 is 16.8 Å². The van der Waals surface area contributed by atoms with Crippen LogP contribution < -0.4 is 4.74 Å². The number of carboxylic acids is 1. The number of methoxy groups -OCH3 is 1. The maximum atomic E-state index is 11.8. The Balaban J connectivity index is 2.69. The molecular formula is C12H16O4S. The average Bonchev–Trinajstić information content (AvgIpc) is 2.30. The lowest BCUT2D eigenvalue weighted by atomic mass is 10.2. The number of rotatable bonds is 6. The molecule has 1 rings (SSSR count). The first kappa shape index (κ1) is 13.7.